The molecule has 1 amide bonds. The zero-order chi connectivity index (χ0) is 19.6. The number of benzene rings is 2. The van der Waals surface area contributed by atoms with Crippen LogP contribution < -0.4 is 5.32 Å². The molecule has 1 aliphatic rings. The van der Waals surface area contributed by atoms with Crippen molar-refractivity contribution < 1.29 is 26.7 Å². The fourth-order valence-electron chi connectivity index (χ4n) is 2.57. The van der Waals surface area contributed by atoms with Gasteiger partial charge in [0.15, 0.2) is 0 Å². The fraction of sp³-hybridized carbons (Fsp3) is 0.235. The third kappa shape index (κ3) is 4.11. The van der Waals surface area contributed by atoms with Gasteiger partial charge in [-0.3, -0.25) is 4.79 Å². The molecule has 0 radical (unpaired) electrons. The Balaban J connectivity index is 1.92. The summed E-state index contributed by atoms with van der Waals surface area (Å²) < 4.78 is 59.3. The standard InChI is InChI=1S/C17H15ClF2N2O4S/c18-13-5-4-11(27(24,25)22-6-8-26-9-7-22)10-12(13)17(23)21-16-14(19)2-1-3-15(16)20/h1-5,10H,6-9H2,(H,21,23). The van der Waals surface area contributed by atoms with Crippen molar-refractivity contribution in [2.24, 2.45) is 0 Å². The van der Waals surface area contributed by atoms with Crippen LogP contribution in [-0.4, -0.2) is 44.9 Å². The van der Waals surface area contributed by atoms with Gasteiger partial charge in [0.05, 0.1) is 28.7 Å². The molecule has 2 aromatic carbocycles. The highest BCUT2D eigenvalue weighted by Gasteiger charge is 2.28. The molecule has 27 heavy (non-hydrogen) atoms. The second kappa shape index (κ2) is 7.89. The minimum atomic E-state index is -3.86. The number of rotatable bonds is 4. The Morgan fingerprint density at radius 2 is 1.74 bits per heavy atom. The quantitative estimate of drug-likeness (QED) is 0.831. The van der Waals surface area contributed by atoms with Gasteiger partial charge < -0.3 is 10.1 Å². The Morgan fingerprint density at radius 1 is 1.11 bits per heavy atom. The Hall–Kier alpha value is -2.07. The van der Waals surface area contributed by atoms with Crippen molar-refractivity contribution in [1.29, 1.82) is 0 Å². The van der Waals surface area contributed by atoms with Crippen LogP contribution in [0.3, 0.4) is 0 Å². The van der Waals surface area contributed by atoms with Crippen LogP contribution in [0.15, 0.2) is 41.3 Å². The number of para-hydroxylation sites is 1. The zero-order valence-electron chi connectivity index (χ0n) is 13.9. The van der Waals surface area contributed by atoms with E-state index in [0.29, 0.717) is 0 Å². The van der Waals surface area contributed by atoms with Crippen molar-refractivity contribution in [3.8, 4) is 0 Å². The molecule has 144 valence electrons. The Labute approximate surface area is 159 Å². The van der Waals surface area contributed by atoms with Crippen molar-refractivity contribution in [3.05, 3.63) is 58.6 Å². The van der Waals surface area contributed by atoms with Gasteiger partial charge in [0, 0.05) is 13.1 Å². The molecule has 2 aromatic rings. The highest BCUT2D eigenvalue weighted by Crippen LogP contribution is 2.26. The third-order valence-corrected chi connectivity index (χ3v) is 6.22. The van der Waals surface area contributed by atoms with E-state index in [1.165, 1.54) is 16.4 Å². The van der Waals surface area contributed by atoms with Gasteiger partial charge in [0.2, 0.25) is 10.0 Å². The summed E-state index contributed by atoms with van der Waals surface area (Å²) in [6.45, 7) is 0.916. The molecular weight excluding hydrogens is 402 g/mol. The van der Waals surface area contributed by atoms with Crippen LogP contribution in [-0.2, 0) is 14.8 Å². The molecular formula is C17H15ClF2N2O4S. The Morgan fingerprint density at radius 3 is 2.37 bits per heavy atom. The number of carbonyl (C=O) groups excluding carboxylic acids is 1. The van der Waals surface area contributed by atoms with Gasteiger partial charge in [-0.05, 0) is 30.3 Å². The lowest BCUT2D eigenvalue weighted by atomic mass is 10.2. The molecule has 1 saturated heterocycles. The molecule has 1 aliphatic heterocycles. The topological polar surface area (TPSA) is 75.7 Å². The van der Waals surface area contributed by atoms with Crippen molar-refractivity contribution in [2.75, 3.05) is 31.6 Å². The number of amides is 1. The van der Waals surface area contributed by atoms with Gasteiger partial charge in [-0.2, -0.15) is 4.31 Å². The lowest BCUT2D eigenvalue weighted by molar-refractivity contribution is 0.0730. The van der Waals surface area contributed by atoms with E-state index in [-0.39, 0.29) is 41.8 Å². The first-order chi connectivity index (χ1) is 12.8. The largest absolute Gasteiger partial charge is 0.379 e. The summed E-state index contributed by atoms with van der Waals surface area (Å²) in [4.78, 5) is 12.3. The maximum Gasteiger partial charge on any atom is 0.257 e. The summed E-state index contributed by atoms with van der Waals surface area (Å²) in [6.07, 6.45) is 0. The van der Waals surface area contributed by atoms with E-state index in [1.807, 2.05) is 0 Å². The highest BCUT2D eigenvalue weighted by atomic mass is 35.5. The summed E-state index contributed by atoms with van der Waals surface area (Å²) in [7, 11) is -3.86. The van der Waals surface area contributed by atoms with E-state index < -0.39 is 33.3 Å². The van der Waals surface area contributed by atoms with E-state index in [1.54, 1.807) is 0 Å². The number of hydrogen-bond acceptors (Lipinski definition) is 4. The lowest BCUT2D eigenvalue weighted by Crippen LogP contribution is -2.40. The van der Waals surface area contributed by atoms with E-state index in [2.05, 4.69) is 5.32 Å². The number of nitrogens with zero attached hydrogens (tertiary/aromatic N) is 1. The van der Waals surface area contributed by atoms with Crippen molar-refractivity contribution in [2.45, 2.75) is 4.90 Å². The molecule has 6 nitrogen and oxygen atoms in total. The van der Waals surface area contributed by atoms with Gasteiger partial charge in [-0.25, -0.2) is 17.2 Å². The molecule has 0 atom stereocenters. The number of nitrogens with one attached hydrogen (secondary N) is 1. The van der Waals surface area contributed by atoms with E-state index in [4.69, 9.17) is 16.3 Å². The SMILES string of the molecule is O=C(Nc1c(F)cccc1F)c1cc(S(=O)(=O)N2CCOCC2)ccc1Cl. The summed E-state index contributed by atoms with van der Waals surface area (Å²) in [5.41, 5.74) is -0.853. The molecule has 1 heterocycles. The van der Waals surface area contributed by atoms with Crippen LogP contribution in [0.25, 0.3) is 0 Å². The summed E-state index contributed by atoms with van der Waals surface area (Å²) in [5, 5.41) is 2.04. The minimum absolute atomic E-state index is 0.0508. The van der Waals surface area contributed by atoms with Crippen LogP contribution in [0.5, 0.6) is 0 Å². The molecule has 0 spiro atoms. The monoisotopic (exact) mass is 416 g/mol. The van der Waals surface area contributed by atoms with Gasteiger partial charge in [0.25, 0.3) is 5.91 Å². The summed E-state index contributed by atoms with van der Waals surface area (Å²) in [5.74, 6) is -2.85. The average molecular weight is 417 g/mol. The van der Waals surface area contributed by atoms with Crippen molar-refractivity contribution >= 4 is 33.2 Å². The first-order valence-electron chi connectivity index (χ1n) is 7.93. The Kier molecular flexibility index (Phi) is 5.75. The molecule has 0 aliphatic carbocycles. The van der Waals surface area contributed by atoms with Crippen LogP contribution in [0.2, 0.25) is 5.02 Å². The minimum Gasteiger partial charge on any atom is -0.379 e. The fourth-order valence-corrected chi connectivity index (χ4v) is 4.21. The second-order valence-corrected chi connectivity index (χ2v) is 8.05. The number of anilines is 1. The number of morpholine rings is 1. The molecule has 1 fully saturated rings. The third-order valence-electron chi connectivity index (χ3n) is 3.99. The molecule has 0 saturated carbocycles. The van der Waals surface area contributed by atoms with E-state index in [9.17, 15) is 22.0 Å². The summed E-state index contributed by atoms with van der Waals surface area (Å²) in [6, 6.07) is 6.73. The maximum absolute atomic E-state index is 13.7. The van der Waals surface area contributed by atoms with Crippen LogP contribution >= 0.6 is 11.6 Å². The van der Waals surface area contributed by atoms with E-state index >= 15 is 0 Å². The highest BCUT2D eigenvalue weighted by molar-refractivity contribution is 7.89. The van der Waals surface area contributed by atoms with Gasteiger partial charge in [-0.1, -0.05) is 17.7 Å². The Bertz CT molecular complexity index is 959. The summed E-state index contributed by atoms with van der Waals surface area (Å²) >= 11 is 6.00. The number of sulfonamides is 1. The smallest absolute Gasteiger partial charge is 0.257 e. The predicted molar refractivity (Wildman–Crippen MR) is 95.3 cm³/mol. The molecule has 0 bridgehead atoms. The van der Waals surface area contributed by atoms with Crippen molar-refractivity contribution in [3.63, 3.8) is 0 Å². The van der Waals surface area contributed by atoms with Crippen LogP contribution in [0, 0.1) is 11.6 Å². The zero-order valence-corrected chi connectivity index (χ0v) is 15.5. The predicted octanol–water partition coefficient (Wildman–Crippen LogP) is 2.89. The lowest BCUT2D eigenvalue weighted by Gasteiger charge is -2.26. The van der Waals surface area contributed by atoms with Crippen LogP contribution in [0.1, 0.15) is 10.4 Å². The van der Waals surface area contributed by atoms with Crippen LogP contribution in [0.4, 0.5) is 14.5 Å². The molecule has 3 rings (SSSR count). The van der Waals surface area contributed by atoms with Gasteiger partial charge >= 0.3 is 0 Å². The van der Waals surface area contributed by atoms with Crippen molar-refractivity contribution in [1.82, 2.24) is 4.31 Å². The van der Waals surface area contributed by atoms with Gasteiger partial charge in [-0.15, -0.1) is 0 Å². The first kappa shape index (κ1) is 19.7. The van der Waals surface area contributed by atoms with E-state index in [0.717, 1.165) is 24.3 Å². The second-order valence-electron chi connectivity index (χ2n) is 5.71. The molecule has 1 N–H and O–H groups in total. The number of carbonyl (C=O) groups is 1. The first-order valence-corrected chi connectivity index (χ1v) is 9.75. The molecule has 0 aromatic heterocycles. The number of ether oxygens (including phenoxy) is 1. The molecule has 0 unspecified atom stereocenters. The average Bonchev–Trinajstić information content (AvgIpc) is 2.65. The van der Waals surface area contributed by atoms with Gasteiger partial charge in [0.1, 0.15) is 17.3 Å². The molecule has 10 heteroatoms. The number of hydrogen-bond donors (Lipinski definition) is 1. The maximum atomic E-state index is 13.7. The number of halogens is 3. The normalized spacial score (nSPS) is 15.5.